The van der Waals surface area contributed by atoms with Crippen LogP contribution in [-0.2, 0) is 6.42 Å². The number of benzene rings is 2. The lowest BCUT2D eigenvalue weighted by molar-refractivity contribution is 0.356. The Kier molecular flexibility index (Phi) is 4.92. The Balaban J connectivity index is 1.89. The molecule has 3 aromatic rings. The number of rotatable bonds is 5. The number of nitrogens with one attached hydrogen (secondary N) is 1. The molecule has 1 aromatic heterocycles. The molecule has 1 N–H and O–H groups in total. The zero-order valence-electron chi connectivity index (χ0n) is 13.1. The van der Waals surface area contributed by atoms with Gasteiger partial charge in [0, 0.05) is 6.42 Å². The van der Waals surface area contributed by atoms with Crippen LogP contribution >= 0.6 is 23.2 Å². The van der Waals surface area contributed by atoms with E-state index in [4.69, 9.17) is 32.7 Å². The summed E-state index contributed by atoms with van der Waals surface area (Å²) in [7, 11) is 3.18. The second kappa shape index (κ2) is 7.11. The van der Waals surface area contributed by atoms with Crippen LogP contribution in [0, 0.1) is 0 Å². The molecule has 124 valence electrons. The second-order valence-corrected chi connectivity index (χ2v) is 5.89. The number of ether oxygens (including phenoxy) is 2. The number of methoxy groups -OCH3 is 2. The van der Waals surface area contributed by atoms with Crippen molar-refractivity contribution in [3.8, 4) is 22.9 Å². The van der Waals surface area contributed by atoms with E-state index in [1.165, 1.54) is 0 Å². The van der Waals surface area contributed by atoms with Crippen molar-refractivity contribution in [1.29, 1.82) is 0 Å². The fourth-order valence-corrected chi connectivity index (χ4v) is 2.72. The molecule has 0 saturated heterocycles. The van der Waals surface area contributed by atoms with Crippen molar-refractivity contribution in [2.45, 2.75) is 6.42 Å². The van der Waals surface area contributed by atoms with Crippen LogP contribution in [0.4, 0.5) is 0 Å². The maximum Gasteiger partial charge on any atom is 0.185 e. The van der Waals surface area contributed by atoms with Crippen LogP contribution in [0.1, 0.15) is 11.4 Å². The minimum Gasteiger partial charge on any atom is -0.493 e. The van der Waals surface area contributed by atoms with Crippen LogP contribution in [0.2, 0.25) is 10.0 Å². The predicted molar refractivity (Wildman–Crippen MR) is 94.2 cm³/mol. The Morgan fingerprint density at radius 3 is 2.58 bits per heavy atom. The molecule has 5 nitrogen and oxygen atoms in total. The van der Waals surface area contributed by atoms with Gasteiger partial charge in [0.2, 0.25) is 0 Å². The number of hydrogen-bond donors (Lipinski definition) is 1. The number of halogens is 2. The van der Waals surface area contributed by atoms with E-state index in [9.17, 15) is 0 Å². The molecule has 0 fully saturated rings. The SMILES string of the molecule is COc1cccc(-c2n[nH]c(Cc3ccc(Cl)c(Cl)c3)n2)c1OC. The van der Waals surface area contributed by atoms with Crippen LogP contribution < -0.4 is 9.47 Å². The lowest BCUT2D eigenvalue weighted by Crippen LogP contribution is -1.94. The summed E-state index contributed by atoms with van der Waals surface area (Å²) < 4.78 is 10.7. The lowest BCUT2D eigenvalue weighted by Gasteiger charge is -2.10. The smallest absolute Gasteiger partial charge is 0.185 e. The first kappa shape index (κ1) is 16.6. The van der Waals surface area contributed by atoms with Crippen LogP contribution in [0.15, 0.2) is 36.4 Å². The van der Waals surface area contributed by atoms with Gasteiger partial charge in [-0.1, -0.05) is 35.3 Å². The highest BCUT2D eigenvalue weighted by molar-refractivity contribution is 6.42. The molecule has 0 atom stereocenters. The van der Waals surface area contributed by atoms with Gasteiger partial charge in [0.25, 0.3) is 0 Å². The average Bonchev–Trinajstić information content (AvgIpc) is 3.05. The number of H-pyrrole nitrogens is 1. The second-order valence-electron chi connectivity index (χ2n) is 5.07. The molecule has 1 heterocycles. The Labute approximate surface area is 149 Å². The average molecular weight is 364 g/mol. The zero-order chi connectivity index (χ0) is 17.1. The standard InChI is InChI=1S/C17H15Cl2N3O2/c1-23-14-5-3-4-11(16(14)24-2)17-20-15(21-22-17)9-10-6-7-12(18)13(19)8-10/h3-8H,9H2,1-2H3,(H,20,21,22). The molecule has 0 unspecified atom stereocenters. The van der Waals surface area contributed by atoms with E-state index < -0.39 is 0 Å². The van der Waals surface area contributed by atoms with Crippen molar-refractivity contribution in [3.63, 3.8) is 0 Å². The van der Waals surface area contributed by atoms with Gasteiger partial charge in [-0.05, 0) is 29.8 Å². The molecule has 0 radical (unpaired) electrons. The quantitative estimate of drug-likeness (QED) is 0.730. The van der Waals surface area contributed by atoms with Crippen molar-refractivity contribution < 1.29 is 9.47 Å². The molecular formula is C17H15Cl2N3O2. The molecule has 0 amide bonds. The molecule has 24 heavy (non-hydrogen) atoms. The van der Waals surface area contributed by atoms with Gasteiger partial charge in [-0.15, -0.1) is 0 Å². The number of para-hydroxylation sites is 1. The molecular weight excluding hydrogens is 349 g/mol. The normalized spacial score (nSPS) is 10.7. The van der Waals surface area contributed by atoms with Crippen molar-refractivity contribution in [2.24, 2.45) is 0 Å². The van der Waals surface area contributed by atoms with Crippen molar-refractivity contribution in [1.82, 2.24) is 15.2 Å². The van der Waals surface area contributed by atoms with E-state index in [2.05, 4.69) is 15.2 Å². The highest BCUT2D eigenvalue weighted by Crippen LogP contribution is 2.36. The third-order valence-electron chi connectivity index (χ3n) is 3.53. The predicted octanol–water partition coefficient (Wildman–Crippen LogP) is 4.39. The van der Waals surface area contributed by atoms with Gasteiger partial charge in [-0.25, -0.2) is 4.98 Å². The number of hydrogen-bond acceptors (Lipinski definition) is 4. The Bertz CT molecular complexity index is 865. The van der Waals surface area contributed by atoms with Gasteiger partial charge in [0.15, 0.2) is 17.3 Å². The summed E-state index contributed by atoms with van der Waals surface area (Å²) in [4.78, 5) is 4.53. The third-order valence-corrected chi connectivity index (χ3v) is 4.27. The molecule has 2 aromatic carbocycles. The number of aromatic nitrogens is 3. The first-order valence-electron chi connectivity index (χ1n) is 7.19. The monoisotopic (exact) mass is 363 g/mol. The number of nitrogens with zero attached hydrogens (tertiary/aromatic N) is 2. The van der Waals surface area contributed by atoms with Gasteiger partial charge in [-0.3, -0.25) is 5.10 Å². The Morgan fingerprint density at radius 2 is 1.88 bits per heavy atom. The van der Waals surface area contributed by atoms with E-state index in [0.29, 0.717) is 39.6 Å². The maximum absolute atomic E-state index is 6.05. The third kappa shape index (κ3) is 3.32. The van der Waals surface area contributed by atoms with Crippen LogP contribution in [0.25, 0.3) is 11.4 Å². The van der Waals surface area contributed by atoms with Crippen molar-refractivity contribution in [3.05, 3.63) is 57.8 Å². The van der Waals surface area contributed by atoms with Gasteiger partial charge in [-0.2, -0.15) is 5.10 Å². The molecule has 0 spiro atoms. The molecule has 0 saturated carbocycles. The Hall–Kier alpha value is -2.24. The van der Waals surface area contributed by atoms with E-state index >= 15 is 0 Å². The van der Waals surface area contributed by atoms with Crippen molar-refractivity contribution >= 4 is 23.2 Å². The summed E-state index contributed by atoms with van der Waals surface area (Å²) in [5.74, 6) is 2.49. The fraction of sp³-hybridized carbons (Fsp3) is 0.176. The fourth-order valence-electron chi connectivity index (χ4n) is 2.40. The van der Waals surface area contributed by atoms with Gasteiger partial charge >= 0.3 is 0 Å². The van der Waals surface area contributed by atoms with Gasteiger partial charge in [0.05, 0.1) is 29.8 Å². The first-order valence-corrected chi connectivity index (χ1v) is 7.94. The summed E-state index contributed by atoms with van der Waals surface area (Å²) in [6.07, 6.45) is 0.566. The van der Waals surface area contributed by atoms with Crippen molar-refractivity contribution in [2.75, 3.05) is 14.2 Å². The minimum atomic E-state index is 0.517. The number of aromatic amines is 1. The van der Waals surface area contributed by atoms with Crippen LogP contribution in [0.3, 0.4) is 0 Å². The highest BCUT2D eigenvalue weighted by atomic mass is 35.5. The summed E-state index contributed by atoms with van der Waals surface area (Å²) >= 11 is 12.0. The largest absolute Gasteiger partial charge is 0.493 e. The van der Waals surface area contributed by atoms with E-state index in [1.54, 1.807) is 20.3 Å². The minimum absolute atomic E-state index is 0.517. The first-order chi connectivity index (χ1) is 11.6. The van der Waals surface area contributed by atoms with E-state index in [0.717, 1.165) is 11.1 Å². The maximum atomic E-state index is 6.05. The van der Waals surface area contributed by atoms with E-state index in [-0.39, 0.29) is 0 Å². The molecule has 0 aliphatic heterocycles. The van der Waals surface area contributed by atoms with Gasteiger partial charge in [0.1, 0.15) is 5.82 Å². The van der Waals surface area contributed by atoms with E-state index in [1.807, 2.05) is 30.3 Å². The Morgan fingerprint density at radius 1 is 1.04 bits per heavy atom. The summed E-state index contributed by atoms with van der Waals surface area (Å²) in [5.41, 5.74) is 1.75. The topological polar surface area (TPSA) is 60.0 Å². The van der Waals surface area contributed by atoms with Gasteiger partial charge < -0.3 is 9.47 Å². The summed E-state index contributed by atoms with van der Waals surface area (Å²) in [6, 6.07) is 11.1. The van der Waals surface area contributed by atoms with Crippen LogP contribution in [-0.4, -0.2) is 29.4 Å². The summed E-state index contributed by atoms with van der Waals surface area (Å²) in [6.45, 7) is 0. The lowest BCUT2D eigenvalue weighted by atomic mass is 10.1. The molecule has 0 aliphatic carbocycles. The summed E-state index contributed by atoms with van der Waals surface area (Å²) in [5, 5.41) is 8.26. The zero-order valence-corrected chi connectivity index (χ0v) is 14.6. The molecule has 3 rings (SSSR count). The molecule has 0 aliphatic rings. The molecule has 0 bridgehead atoms. The molecule has 7 heteroatoms. The highest BCUT2D eigenvalue weighted by Gasteiger charge is 2.15. The van der Waals surface area contributed by atoms with Crippen LogP contribution in [0.5, 0.6) is 11.5 Å².